The minimum atomic E-state index is -0.504. The fourth-order valence-corrected chi connectivity index (χ4v) is 2.30. The van der Waals surface area contributed by atoms with Crippen LogP contribution in [0.4, 0.5) is 5.69 Å². The van der Waals surface area contributed by atoms with Crippen LogP contribution in [0.15, 0.2) is 41.5 Å². The summed E-state index contributed by atoms with van der Waals surface area (Å²) in [5.74, 6) is -0.136. The molecule has 0 heterocycles. The number of nitriles is 1. The van der Waals surface area contributed by atoms with Gasteiger partial charge in [-0.1, -0.05) is 11.6 Å². The predicted molar refractivity (Wildman–Crippen MR) is 103 cm³/mol. The number of nitrogens with one attached hydrogen (secondary N) is 2. The van der Waals surface area contributed by atoms with E-state index >= 15 is 0 Å². The van der Waals surface area contributed by atoms with E-state index in [1.54, 1.807) is 30.3 Å². The molecule has 0 aromatic heterocycles. The van der Waals surface area contributed by atoms with Crippen LogP contribution in [0.3, 0.4) is 0 Å². The summed E-state index contributed by atoms with van der Waals surface area (Å²) in [6, 6.07) is 11.1. The first-order chi connectivity index (χ1) is 12.9. The number of rotatable bonds is 7. The van der Waals surface area contributed by atoms with E-state index < -0.39 is 5.84 Å². The Bertz CT molecular complexity index is 949. The molecule has 0 radical (unpaired) electrons. The van der Waals surface area contributed by atoms with Gasteiger partial charge in [0.15, 0.2) is 23.1 Å². The molecule has 138 valence electrons. The maximum Gasteiger partial charge on any atom is 0.201 e. The number of carbonyl (C=O) groups is 1. The molecule has 0 atom stereocenters. The van der Waals surface area contributed by atoms with Crippen LogP contribution in [0.25, 0.3) is 0 Å². The highest BCUT2D eigenvalue weighted by Crippen LogP contribution is 2.34. The Morgan fingerprint density at radius 3 is 2.33 bits per heavy atom. The lowest BCUT2D eigenvalue weighted by Crippen LogP contribution is -2.22. The molecule has 0 aliphatic carbocycles. The average Bonchev–Trinajstić information content (AvgIpc) is 2.67. The molecule has 0 unspecified atom stereocenters. The zero-order valence-electron chi connectivity index (χ0n) is 14.5. The number of hydrogen-bond donors (Lipinski definition) is 3. The van der Waals surface area contributed by atoms with E-state index in [0.717, 1.165) is 0 Å². The van der Waals surface area contributed by atoms with E-state index in [9.17, 15) is 4.79 Å². The van der Waals surface area contributed by atoms with E-state index in [1.165, 1.54) is 26.4 Å². The van der Waals surface area contributed by atoms with E-state index in [-0.39, 0.29) is 22.7 Å². The van der Waals surface area contributed by atoms with Gasteiger partial charge in [-0.3, -0.25) is 15.6 Å². The van der Waals surface area contributed by atoms with Gasteiger partial charge in [0.25, 0.3) is 0 Å². The summed E-state index contributed by atoms with van der Waals surface area (Å²) in [7, 11) is 2.89. The zero-order chi connectivity index (χ0) is 20.0. The maximum atomic E-state index is 12.9. The van der Waals surface area contributed by atoms with Crippen LogP contribution in [-0.2, 0) is 0 Å². The topological polar surface area (TPSA) is 134 Å². The van der Waals surface area contributed by atoms with Gasteiger partial charge in [-0.2, -0.15) is 10.4 Å². The standard InChI is InChI=1S/C18H16ClN5O3/c1-26-15-7-12(17(25)10-3-5-11(19)6-4-10)13(8-16(15)27-2)23-24-14(9-20)18(21)22/h3-8,23H,1-2H3,(H3,21,22)/b24-14+. The van der Waals surface area contributed by atoms with Gasteiger partial charge in [0.1, 0.15) is 6.07 Å². The van der Waals surface area contributed by atoms with Crippen molar-refractivity contribution in [3.05, 3.63) is 52.5 Å². The van der Waals surface area contributed by atoms with Crippen molar-refractivity contribution < 1.29 is 14.3 Å². The molecule has 0 saturated carbocycles. The first-order valence-electron chi connectivity index (χ1n) is 7.55. The molecule has 9 heteroatoms. The average molecular weight is 386 g/mol. The summed E-state index contributed by atoms with van der Waals surface area (Å²) >= 11 is 5.87. The van der Waals surface area contributed by atoms with E-state index in [0.29, 0.717) is 22.1 Å². The minimum Gasteiger partial charge on any atom is -0.493 e. The second-order valence-electron chi connectivity index (χ2n) is 5.19. The first-order valence-corrected chi connectivity index (χ1v) is 7.93. The van der Waals surface area contributed by atoms with Crippen LogP contribution < -0.4 is 20.6 Å². The molecule has 0 fully saturated rings. The quantitative estimate of drug-likeness (QED) is 0.290. The van der Waals surface area contributed by atoms with Gasteiger partial charge in [-0.05, 0) is 30.3 Å². The zero-order valence-corrected chi connectivity index (χ0v) is 15.3. The Balaban J connectivity index is 2.56. The first kappa shape index (κ1) is 19.8. The number of ketones is 1. The second kappa shape index (κ2) is 8.69. The molecule has 0 saturated heterocycles. The lowest BCUT2D eigenvalue weighted by atomic mass is 10.0. The highest BCUT2D eigenvalue weighted by Gasteiger charge is 2.19. The second-order valence-corrected chi connectivity index (χ2v) is 5.62. The summed E-state index contributed by atoms with van der Waals surface area (Å²) in [4.78, 5) is 12.9. The summed E-state index contributed by atoms with van der Waals surface area (Å²) in [6.45, 7) is 0. The minimum absolute atomic E-state index is 0.222. The molecule has 0 amide bonds. The molecule has 0 bridgehead atoms. The van der Waals surface area contributed by atoms with Gasteiger partial charge in [0.2, 0.25) is 5.71 Å². The lowest BCUT2D eigenvalue weighted by Gasteiger charge is -2.14. The summed E-state index contributed by atoms with van der Waals surface area (Å²) in [5, 5.41) is 20.6. The number of carbonyl (C=O) groups excluding carboxylic acids is 1. The SMILES string of the molecule is COc1cc(N/N=C(\C#N)C(=N)N)c(C(=O)c2ccc(Cl)cc2)cc1OC. The Morgan fingerprint density at radius 2 is 1.81 bits per heavy atom. The number of nitrogens with two attached hydrogens (primary N) is 1. The van der Waals surface area contributed by atoms with Crippen LogP contribution in [0.2, 0.25) is 5.02 Å². The molecular formula is C18H16ClN5O3. The van der Waals surface area contributed by atoms with E-state index in [2.05, 4.69) is 10.5 Å². The van der Waals surface area contributed by atoms with Crippen molar-refractivity contribution in [2.45, 2.75) is 0 Å². The number of hydrogen-bond acceptors (Lipinski definition) is 7. The number of hydrazone groups is 1. The molecule has 2 aromatic rings. The molecule has 2 aromatic carbocycles. The number of methoxy groups -OCH3 is 2. The van der Waals surface area contributed by atoms with Gasteiger partial charge >= 0.3 is 0 Å². The van der Waals surface area contributed by atoms with Crippen LogP contribution >= 0.6 is 11.6 Å². The Labute approximate surface area is 160 Å². The lowest BCUT2D eigenvalue weighted by molar-refractivity contribution is 0.103. The van der Waals surface area contributed by atoms with E-state index in [4.69, 9.17) is 37.5 Å². The fraction of sp³-hybridized carbons (Fsp3) is 0.111. The highest BCUT2D eigenvalue weighted by molar-refractivity contribution is 6.45. The number of benzene rings is 2. The summed E-state index contributed by atoms with van der Waals surface area (Å²) in [5.41, 5.74) is 8.42. The van der Waals surface area contributed by atoms with E-state index in [1.807, 2.05) is 0 Å². The van der Waals surface area contributed by atoms with Crippen molar-refractivity contribution in [1.29, 1.82) is 10.7 Å². The predicted octanol–water partition coefficient (Wildman–Crippen LogP) is 2.82. The van der Waals surface area contributed by atoms with Crippen molar-refractivity contribution >= 4 is 34.6 Å². The molecule has 4 N–H and O–H groups in total. The number of nitrogens with zero attached hydrogens (tertiary/aromatic N) is 2. The molecule has 0 aliphatic heterocycles. The van der Waals surface area contributed by atoms with Crippen molar-refractivity contribution in [1.82, 2.24) is 0 Å². The van der Waals surface area contributed by atoms with Crippen LogP contribution in [-0.4, -0.2) is 31.6 Å². The third-order valence-corrected chi connectivity index (χ3v) is 3.78. The number of ether oxygens (including phenoxy) is 2. The number of anilines is 1. The number of amidine groups is 1. The molecule has 27 heavy (non-hydrogen) atoms. The van der Waals surface area contributed by atoms with Gasteiger partial charge < -0.3 is 15.2 Å². The smallest absolute Gasteiger partial charge is 0.201 e. The summed E-state index contributed by atoms with van der Waals surface area (Å²) in [6.07, 6.45) is 0. The fourth-order valence-electron chi connectivity index (χ4n) is 2.18. The van der Waals surface area contributed by atoms with Crippen molar-refractivity contribution in [2.75, 3.05) is 19.6 Å². The van der Waals surface area contributed by atoms with Gasteiger partial charge in [-0.15, -0.1) is 0 Å². The molecule has 2 rings (SSSR count). The molecule has 0 spiro atoms. The Hall–Kier alpha value is -3.57. The van der Waals surface area contributed by atoms with Crippen molar-refractivity contribution in [3.63, 3.8) is 0 Å². The normalized spacial score (nSPS) is 10.7. The van der Waals surface area contributed by atoms with Crippen LogP contribution in [0, 0.1) is 16.7 Å². The maximum absolute atomic E-state index is 12.9. The summed E-state index contributed by atoms with van der Waals surface area (Å²) < 4.78 is 10.5. The van der Waals surface area contributed by atoms with Crippen molar-refractivity contribution in [2.24, 2.45) is 10.8 Å². The molecule has 8 nitrogen and oxygen atoms in total. The molecular weight excluding hydrogens is 370 g/mol. The van der Waals surface area contributed by atoms with Gasteiger partial charge in [0.05, 0.1) is 25.5 Å². The van der Waals surface area contributed by atoms with Gasteiger partial charge in [0, 0.05) is 16.7 Å². The third kappa shape index (κ3) is 4.54. The third-order valence-electron chi connectivity index (χ3n) is 3.52. The van der Waals surface area contributed by atoms with Gasteiger partial charge in [-0.25, -0.2) is 0 Å². The largest absolute Gasteiger partial charge is 0.493 e. The highest BCUT2D eigenvalue weighted by atomic mass is 35.5. The monoisotopic (exact) mass is 385 g/mol. The number of halogens is 1. The van der Waals surface area contributed by atoms with Crippen LogP contribution in [0.5, 0.6) is 11.5 Å². The van der Waals surface area contributed by atoms with Crippen molar-refractivity contribution in [3.8, 4) is 17.6 Å². The van der Waals surface area contributed by atoms with Crippen LogP contribution in [0.1, 0.15) is 15.9 Å². The Kier molecular flexibility index (Phi) is 6.36. The molecule has 0 aliphatic rings. The Morgan fingerprint density at radius 1 is 1.22 bits per heavy atom.